The fourth-order valence-electron chi connectivity index (χ4n) is 9.21. The van der Waals surface area contributed by atoms with Gasteiger partial charge in [0.05, 0.1) is 25.2 Å². The Morgan fingerprint density at radius 3 is 1.16 bits per heavy atom. The van der Waals surface area contributed by atoms with Crippen LogP contribution in [0.5, 0.6) is 0 Å². The number of ether oxygens (including phenoxy) is 1. The Bertz CT molecular complexity index is 1160. The van der Waals surface area contributed by atoms with Crippen molar-refractivity contribution >= 4 is 11.9 Å². The molecule has 0 bridgehead atoms. The minimum Gasteiger partial charge on any atom is -0.462 e. The van der Waals surface area contributed by atoms with Crippen LogP contribution in [0.15, 0.2) is 48.6 Å². The molecular weight excluding hydrogens is 839 g/mol. The minimum absolute atomic E-state index is 0.0713. The van der Waals surface area contributed by atoms with E-state index in [-0.39, 0.29) is 24.9 Å². The van der Waals surface area contributed by atoms with Crippen molar-refractivity contribution in [1.29, 1.82) is 0 Å². The lowest BCUT2D eigenvalue weighted by Crippen LogP contribution is -2.46. The molecule has 1 amide bonds. The minimum atomic E-state index is -0.792. The number of rotatable bonds is 54. The Morgan fingerprint density at radius 2 is 0.750 bits per heavy atom. The quantitative estimate of drug-likeness (QED) is 0.0321. The highest BCUT2D eigenvalue weighted by Gasteiger charge is 2.24. The zero-order chi connectivity index (χ0) is 49.5. The number of carbonyl (C=O) groups excluding carboxylic acids is 2. The molecule has 0 spiro atoms. The molecule has 0 saturated heterocycles. The zero-order valence-corrected chi connectivity index (χ0v) is 45.5. The maximum Gasteiger partial charge on any atom is 0.306 e. The first kappa shape index (κ1) is 65.8. The smallest absolute Gasteiger partial charge is 0.306 e. The third-order valence-electron chi connectivity index (χ3n) is 13.8. The van der Waals surface area contributed by atoms with Gasteiger partial charge < -0.3 is 20.3 Å². The SMILES string of the molecule is CCCCC/C=C/C=C/C=C/C=C/CCCCCCCC(=O)OC(CCCCCCCCCCCCCCCCCC)CC(=O)NC(CO)C(O)CCCCCCCCCCCCCCCCC. The third-order valence-corrected chi connectivity index (χ3v) is 13.8. The molecule has 398 valence electrons. The van der Waals surface area contributed by atoms with Crippen LogP contribution in [0.3, 0.4) is 0 Å². The molecule has 0 rings (SSSR count). The van der Waals surface area contributed by atoms with Crippen molar-refractivity contribution < 1.29 is 24.5 Å². The average molecular weight is 955 g/mol. The Kier molecular flexibility index (Phi) is 54.0. The van der Waals surface area contributed by atoms with E-state index in [1.165, 1.54) is 193 Å². The summed E-state index contributed by atoms with van der Waals surface area (Å²) in [6, 6.07) is -0.706. The van der Waals surface area contributed by atoms with Crippen LogP contribution in [0.4, 0.5) is 0 Å². The van der Waals surface area contributed by atoms with E-state index in [0.29, 0.717) is 19.3 Å². The number of carbonyl (C=O) groups is 2. The Balaban J connectivity index is 4.58. The third kappa shape index (κ3) is 50.2. The number of hydrogen-bond donors (Lipinski definition) is 3. The molecular formula is C62H115NO5. The maximum absolute atomic E-state index is 13.3. The van der Waals surface area contributed by atoms with E-state index >= 15 is 0 Å². The summed E-state index contributed by atoms with van der Waals surface area (Å²) in [5, 5.41) is 23.9. The van der Waals surface area contributed by atoms with Crippen molar-refractivity contribution in [2.24, 2.45) is 0 Å². The van der Waals surface area contributed by atoms with Gasteiger partial charge >= 0.3 is 5.97 Å². The monoisotopic (exact) mass is 954 g/mol. The molecule has 3 N–H and O–H groups in total. The van der Waals surface area contributed by atoms with Crippen LogP contribution in [-0.4, -0.2) is 46.9 Å². The highest BCUT2D eigenvalue weighted by atomic mass is 16.5. The standard InChI is InChI=1S/C62H115NO5/c1-4-7-10-13-16-19-22-25-28-30-31-34-37-40-43-46-49-52-55-62(67)68-58(53-50-47-44-41-38-35-33-29-26-23-20-17-14-11-8-5-2)56-61(66)63-59(57-64)60(65)54-51-48-45-42-39-36-32-27-24-21-18-15-12-9-6-3/h16,19,22,25,28,30-31,34,58-60,64-65H,4-15,17-18,20-21,23-24,26-27,29,32-33,35-57H2,1-3H3,(H,63,66)/b19-16+,25-22+,30-28+,34-31+. The lowest BCUT2D eigenvalue weighted by Gasteiger charge is -2.24. The van der Waals surface area contributed by atoms with Crippen molar-refractivity contribution in [1.82, 2.24) is 5.32 Å². The molecule has 6 nitrogen and oxygen atoms in total. The van der Waals surface area contributed by atoms with Crippen molar-refractivity contribution in [2.45, 2.75) is 328 Å². The number of amides is 1. The molecule has 68 heavy (non-hydrogen) atoms. The van der Waals surface area contributed by atoms with E-state index < -0.39 is 18.2 Å². The molecule has 0 heterocycles. The van der Waals surface area contributed by atoms with E-state index in [0.717, 1.165) is 70.6 Å². The number of esters is 1. The average Bonchev–Trinajstić information content (AvgIpc) is 3.33. The Morgan fingerprint density at radius 1 is 0.426 bits per heavy atom. The summed E-state index contributed by atoms with van der Waals surface area (Å²) >= 11 is 0. The summed E-state index contributed by atoms with van der Waals surface area (Å²) < 4.78 is 5.97. The van der Waals surface area contributed by atoms with Gasteiger partial charge in [0.25, 0.3) is 0 Å². The predicted molar refractivity (Wildman–Crippen MR) is 296 cm³/mol. The van der Waals surface area contributed by atoms with Crippen LogP contribution >= 0.6 is 0 Å². The predicted octanol–water partition coefficient (Wildman–Crippen LogP) is 18.6. The van der Waals surface area contributed by atoms with Gasteiger partial charge in [-0.1, -0.05) is 294 Å². The van der Waals surface area contributed by atoms with Gasteiger partial charge in [-0.25, -0.2) is 0 Å². The summed E-state index contributed by atoms with van der Waals surface area (Å²) in [6.07, 6.45) is 68.8. The van der Waals surface area contributed by atoms with Crippen molar-refractivity contribution in [3.63, 3.8) is 0 Å². The number of nitrogens with one attached hydrogen (secondary N) is 1. The van der Waals surface area contributed by atoms with Gasteiger partial charge in [-0.15, -0.1) is 0 Å². The molecule has 3 atom stereocenters. The van der Waals surface area contributed by atoms with Crippen molar-refractivity contribution in [2.75, 3.05) is 6.61 Å². The van der Waals surface area contributed by atoms with Gasteiger partial charge in [0.1, 0.15) is 6.10 Å². The molecule has 0 aromatic rings. The number of allylic oxidation sites excluding steroid dienone is 8. The second kappa shape index (κ2) is 55.7. The summed E-state index contributed by atoms with van der Waals surface area (Å²) in [5.74, 6) is -0.484. The molecule has 0 aromatic heterocycles. The van der Waals surface area contributed by atoms with Gasteiger partial charge in [-0.2, -0.15) is 0 Å². The summed E-state index contributed by atoms with van der Waals surface area (Å²) in [4.78, 5) is 26.3. The molecule has 0 aliphatic rings. The zero-order valence-electron chi connectivity index (χ0n) is 45.5. The van der Waals surface area contributed by atoms with Crippen LogP contribution in [-0.2, 0) is 14.3 Å². The van der Waals surface area contributed by atoms with Crippen LogP contribution in [0.2, 0.25) is 0 Å². The van der Waals surface area contributed by atoms with Gasteiger partial charge in [-0.3, -0.25) is 9.59 Å². The lowest BCUT2D eigenvalue weighted by atomic mass is 10.0. The molecule has 0 fully saturated rings. The topological polar surface area (TPSA) is 95.9 Å². The highest BCUT2D eigenvalue weighted by Crippen LogP contribution is 2.19. The fourth-order valence-corrected chi connectivity index (χ4v) is 9.21. The molecule has 0 saturated carbocycles. The number of hydrogen-bond acceptors (Lipinski definition) is 5. The highest BCUT2D eigenvalue weighted by molar-refractivity contribution is 5.77. The van der Waals surface area contributed by atoms with Gasteiger partial charge in [-0.05, 0) is 51.4 Å². The van der Waals surface area contributed by atoms with Crippen LogP contribution in [0.25, 0.3) is 0 Å². The molecule has 0 aromatic carbocycles. The summed E-state index contributed by atoms with van der Waals surface area (Å²) in [5.41, 5.74) is 0. The molecule has 3 unspecified atom stereocenters. The summed E-state index contributed by atoms with van der Waals surface area (Å²) in [7, 11) is 0. The van der Waals surface area contributed by atoms with Gasteiger partial charge in [0, 0.05) is 6.42 Å². The second-order valence-electron chi connectivity index (χ2n) is 20.5. The molecule has 0 aliphatic carbocycles. The van der Waals surface area contributed by atoms with Gasteiger partial charge in [0.2, 0.25) is 5.91 Å². The first-order valence-electron chi connectivity index (χ1n) is 29.9. The molecule has 0 radical (unpaired) electrons. The summed E-state index contributed by atoms with van der Waals surface area (Å²) in [6.45, 7) is 6.48. The van der Waals surface area contributed by atoms with Crippen molar-refractivity contribution in [3.8, 4) is 0 Å². The number of aliphatic hydroxyl groups is 2. The van der Waals surface area contributed by atoms with E-state index in [2.05, 4.69) is 74.7 Å². The first-order valence-corrected chi connectivity index (χ1v) is 29.9. The van der Waals surface area contributed by atoms with Crippen LogP contribution in [0.1, 0.15) is 310 Å². The largest absolute Gasteiger partial charge is 0.462 e. The van der Waals surface area contributed by atoms with Crippen LogP contribution < -0.4 is 5.32 Å². The normalized spacial score (nSPS) is 13.4. The maximum atomic E-state index is 13.3. The Hall–Kier alpha value is -2.18. The lowest BCUT2D eigenvalue weighted by molar-refractivity contribution is -0.151. The van der Waals surface area contributed by atoms with Crippen molar-refractivity contribution in [3.05, 3.63) is 48.6 Å². The molecule has 6 heteroatoms. The van der Waals surface area contributed by atoms with E-state index in [9.17, 15) is 19.8 Å². The van der Waals surface area contributed by atoms with E-state index in [1.54, 1.807) is 0 Å². The first-order chi connectivity index (χ1) is 33.5. The van der Waals surface area contributed by atoms with Crippen LogP contribution in [0, 0.1) is 0 Å². The van der Waals surface area contributed by atoms with Gasteiger partial charge in [0.15, 0.2) is 0 Å². The number of unbranched alkanes of at least 4 members (excludes halogenated alkanes) is 37. The molecule has 0 aliphatic heterocycles. The Labute approximate surface area is 423 Å². The second-order valence-corrected chi connectivity index (χ2v) is 20.5. The fraction of sp³-hybridized carbons (Fsp3) is 0.839. The van der Waals surface area contributed by atoms with E-state index in [4.69, 9.17) is 4.74 Å². The van der Waals surface area contributed by atoms with E-state index in [1.807, 2.05) is 0 Å². The number of aliphatic hydroxyl groups excluding tert-OH is 2.